The fraction of sp³-hybridized carbons (Fsp3) is 0.381. The number of ether oxygens (including phenoxy) is 2. The van der Waals surface area contributed by atoms with Crippen molar-refractivity contribution >= 4 is 11.6 Å². The van der Waals surface area contributed by atoms with Crippen LogP contribution in [0.4, 0.5) is 14.5 Å². The van der Waals surface area contributed by atoms with E-state index in [0.717, 1.165) is 61.9 Å². The van der Waals surface area contributed by atoms with E-state index < -0.39 is 17.7 Å². The Morgan fingerprint density at radius 1 is 1.07 bits per heavy atom. The van der Waals surface area contributed by atoms with Crippen molar-refractivity contribution in [3.63, 3.8) is 0 Å². The number of nitrogens with zero attached hydrogens (tertiary/aromatic N) is 2. The minimum atomic E-state index is -0.779. The summed E-state index contributed by atoms with van der Waals surface area (Å²) in [5.41, 5.74) is 1.14. The number of anilines is 1. The van der Waals surface area contributed by atoms with E-state index >= 15 is 0 Å². The van der Waals surface area contributed by atoms with Gasteiger partial charge < -0.3 is 14.8 Å². The van der Waals surface area contributed by atoms with Crippen LogP contribution < -0.4 is 14.8 Å². The maximum absolute atomic E-state index is 13.8. The van der Waals surface area contributed by atoms with Crippen LogP contribution in [0.2, 0.25) is 0 Å². The van der Waals surface area contributed by atoms with Gasteiger partial charge in [-0.05, 0) is 36.8 Å². The second-order valence-corrected chi connectivity index (χ2v) is 7.29. The van der Waals surface area contributed by atoms with E-state index in [-0.39, 0.29) is 18.4 Å². The van der Waals surface area contributed by atoms with Crippen LogP contribution in [0.3, 0.4) is 0 Å². The van der Waals surface area contributed by atoms with E-state index in [0.29, 0.717) is 0 Å². The monoisotopic (exact) mass is 403 g/mol. The summed E-state index contributed by atoms with van der Waals surface area (Å²) in [4.78, 5) is 16.9. The maximum Gasteiger partial charge on any atom is 0.241 e. The molecule has 2 aromatic rings. The molecule has 0 aliphatic carbocycles. The van der Waals surface area contributed by atoms with E-state index in [9.17, 15) is 13.6 Å². The number of halogens is 2. The number of fused-ring (bicyclic) bond motifs is 1. The predicted octanol–water partition coefficient (Wildman–Crippen LogP) is 2.84. The summed E-state index contributed by atoms with van der Waals surface area (Å²) in [6, 6.07) is 8.67. The summed E-state index contributed by atoms with van der Waals surface area (Å²) in [6.45, 7) is 5.94. The molecule has 6 nitrogen and oxygen atoms in total. The third kappa shape index (κ3) is 4.49. The van der Waals surface area contributed by atoms with Crippen LogP contribution in [0.15, 0.2) is 36.4 Å². The molecular formula is C21H23F2N3O3. The van der Waals surface area contributed by atoms with Crippen LogP contribution >= 0.6 is 0 Å². The zero-order chi connectivity index (χ0) is 20.4. The largest absolute Gasteiger partial charge is 0.454 e. The van der Waals surface area contributed by atoms with Crippen molar-refractivity contribution in [3.05, 3.63) is 53.6 Å². The summed E-state index contributed by atoms with van der Waals surface area (Å²) >= 11 is 0. The lowest BCUT2D eigenvalue weighted by atomic mass is 10.1. The molecule has 2 heterocycles. The van der Waals surface area contributed by atoms with Crippen LogP contribution in [-0.2, 0) is 11.3 Å². The van der Waals surface area contributed by atoms with Crippen molar-refractivity contribution in [1.82, 2.24) is 9.80 Å². The lowest BCUT2D eigenvalue weighted by Gasteiger charge is -2.37. The summed E-state index contributed by atoms with van der Waals surface area (Å²) in [6.07, 6.45) is 0. The number of rotatable bonds is 5. The van der Waals surface area contributed by atoms with Crippen LogP contribution in [0.5, 0.6) is 11.5 Å². The minimum absolute atomic E-state index is 0.00954. The smallest absolute Gasteiger partial charge is 0.241 e. The molecule has 29 heavy (non-hydrogen) atoms. The molecular weight excluding hydrogens is 380 g/mol. The average Bonchev–Trinajstić information content (AvgIpc) is 3.18. The molecule has 154 valence electrons. The Morgan fingerprint density at radius 2 is 1.83 bits per heavy atom. The van der Waals surface area contributed by atoms with Crippen molar-refractivity contribution in [3.8, 4) is 11.5 Å². The summed E-state index contributed by atoms with van der Waals surface area (Å²) in [5.74, 6) is -0.207. The number of carbonyl (C=O) groups is 1. The first-order chi connectivity index (χ1) is 14.0. The Kier molecular flexibility index (Phi) is 5.64. The Labute approximate surface area is 168 Å². The fourth-order valence-electron chi connectivity index (χ4n) is 3.60. The van der Waals surface area contributed by atoms with E-state index in [1.54, 1.807) is 6.92 Å². The maximum atomic E-state index is 13.8. The minimum Gasteiger partial charge on any atom is -0.454 e. The molecule has 2 aliphatic rings. The summed E-state index contributed by atoms with van der Waals surface area (Å²) < 4.78 is 37.5. The van der Waals surface area contributed by atoms with Crippen molar-refractivity contribution in [1.29, 1.82) is 0 Å². The Bertz CT molecular complexity index is 901. The van der Waals surface area contributed by atoms with Crippen molar-refractivity contribution in [2.24, 2.45) is 0 Å². The number of piperazine rings is 1. The first-order valence-electron chi connectivity index (χ1n) is 9.60. The molecule has 8 heteroatoms. The highest BCUT2D eigenvalue weighted by molar-refractivity contribution is 5.94. The molecule has 0 spiro atoms. The van der Waals surface area contributed by atoms with Crippen molar-refractivity contribution < 1.29 is 23.0 Å². The Hall–Kier alpha value is -2.71. The van der Waals surface area contributed by atoms with Gasteiger partial charge in [0.05, 0.1) is 11.7 Å². The quantitative estimate of drug-likeness (QED) is 0.832. The fourth-order valence-corrected chi connectivity index (χ4v) is 3.60. The van der Waals surface area contributed by atoms with Gasteiger partial charge in [0.1, 0.15) is 11.6 Å². The number of hydrogen-bond donors (Lipinski definition) is 1. The lowest BCUT2D eigenvalue weighted by Crippen LogP contribution is -2.52. The van der Waals surface area contributed by atoms with E-state index in [1.807, 2.05) is 18.2 Å². The molecule has 0 bridgehead atoms. The summed E-state index contributed by atoms with van der Waals surface area (Å²) in [7, 11) is 0. The molecule has 1 N–H and O–H groups in total. The van der Waals surface area contributed by atoms with Crippen molar-refractivity contribution in [2.75, 3.05) is 38.3 Å². The van der Waals surface area contributed by atoms with Gasteiger partial charge in [0.2, 0.25) is 12.7 Å². The van der Waals surface area contributed by atoms with Gasteiger partial charge >= 0.3 is 0 Å². The second-order valence-electron chi connectivity index (χ2n) is 7.29. The first kappa shape index (κ1) is 19.6. The molecule has 0 aromatic heterocycles. The van der Waals surface area contributed by atoms with Gasteiger partial charge in [-0.3, -0.25) is 14.6 Å². The Morgan fingerprint density at radius 3 is 2.59 bits per heavy atom. The third-order valence-electron chi connectivity index (χ3n) is 5.37. The summed E-state index contributed by atoms with van der Waals surface area (Å²) in [5, 5.41) is 2.55. The first-order valence-corrected chi connectivity index (χ1v) is 9.60. The van der Waals surface area contributed by atoms with Crippen LogP contribution in [0.1, 0.15) is 12.5 Å². The molecule has 1 amide bonds. The van der Waals surface area contributed by atoms with E-state index in [1.165, 1.54) is 6.07 Å². The molecule has 0 unspecified atom stereocenters. The topological polar surface area (TPSA) is 54.0 Å². The number of benzene rings is 2. The van der Waals surface area contributed by atoms with Gasteiger partial charge in [-0.15, -0.1) is 0 Å². The van der Waals surface area contributed by atoms with Gasteiger partial charge in [0.15, 0.2) is 11.5 Å². The second kappa shape index (κ2) is 8.34. The SMILES string of the molecule is C[C@@H](C(=O)Nc1ccc(F)cc1F)N1CCN(Cc2ccc3c(c2)OCO3)CC1. The number of hydrogen-bond acceptors (Lipinski definition) is 5. The zero-order valence-electron chi connectivity index (χ0n) is 16.2. The molecule has 1 saturated heterocycles. The van der Waals surface area contributed by atoms with Crippen LogP contribution in [0, 0.1) is 11.6 Å². The molecule has 0 radical (unpaired) electrons. The van der Waals surface area contributed by atoms with Crippen LogP contribution in [0.25, 0.3) is 0 Å². The molecule has 2 aromatic carbocycles. The number of carbonyl (C=O) groups excluding carboxylic acids is 1. The van der Waals surface area contributed by atoms with Gasteiger partial charge in [0.25, 0.3) is 0 Å². The zero-order valence-corrected chi connectivity index (χ0v) is 16.2. The average molecular weight is 403 g/mol. The molecule has 1 atom stereocenters. The predicted molar refractivity (Wildman–Crippen MR) is 104 cm³/mol. The van der Waals surface area contributed by atoms with Crippen LogP contribution in [-0.4, -0.2) is 54.7 Å². The molecule has 2 aliphatic heterocycles. The van der Waals surface area contributed by atoms with E-state index in [2.05, 4.69) is 15.1 Å². The number of amides is 1. The van der Waals surface area contributed by atoms with E-state index in [4.69, 9.17) is 9.47 Å². The lowest BCUT2D eigenvalue weighted by molar-refractivity contribution is -0.121. The number of nitrogens with one attached hydrogen (secondary N) is 1. The van der Waals surface area contributed by atoms with Gasteiger partial charge in [-0.1, -0.05) is 6.07 Å². The Balaban J connectivity index is 1.29. The molecule has 0 saturated carbocycles. The third-order valence-corrected chi connectivity index (χ3v) is 5.37. The highest BCUT2D eigenvalue weighted by Crippen LogP contribution is 2.32. The highest BCUT2D eigenvalue weighted by atomic mass is 19.1. The van der Waals surface area contributed by atoms with Gasteiger partial charge in [-0.2, -0.15) is 0 Å². The normalized spacial score (nSPS) is 17.9. The highest BCUT2D eigenvalue weighted by Gasteiger charge is 2.26. The molecule has 1 fully saturated rings. The standard InChI is InChI=1S/C21H23F2N3O3/c1-14(21(27)24-18-4-3-16(22)11-17(18)23)26-8-6-25(7-9-26)12-15-2-5-19-20(10-15)29-13-28-19/h2-5,10-11,14H,6-9,12-13H2,1H3,(H,24,27)/t14-/m0/s1. The van der Waals surface area contributed by atoms with Gasteiger partial charge in [0, 0.05) is 38.8 Å². The van der Waals surface area contributed by atoms with Crippen molar-refractivity contribution in [2.45, 2.75) is 19.5 Å². The van der Waals surface area contributed by atoms with Gasteiger partial charge in [-0.25, -0.2) is 8.78 Å². The molecule has 4 rings (SSSR count).